The van der Waals surface area contributed by atoms with Gasteiger partial charge in [0.2, 0.25) is 5.91 Å². The standard InChI is InChI=1S/C26H24N2O3S/c1-16-11-17(2)13-21(12-16)28(26-27-22-7-5-6-8-24(22)32-26)25(30)15-20-14-19(18(3)29)9-10-23(20)31-4/h5-14H,15H2,1-4H3. The van der Waals surface area contributed by atoms with E-state index < -0.39 is 0 Å². The van der Waals surface area contributed by atoms with Crippen molar-refractivity contribution in [2.24, 2.45) is 0 Å². The molecule has 0 bridgehead atoms. The number of amides is 1. The van der Waals surface area contributed by atoms with E-state index in [2.05, 4.69) is 6.07 Å². The minimum Gasteiger partial charge on any atom is -0.496 e. The lowest BCUT2D eigenvalue weighted by Gasteiger charge is -2.22. The van der Waals surface area contributed by atoms with E-state index in [9.17, 15) is 9.59 Å². The van der Waals surface area contributed by atoms with E-state index >= 15 is 0 Å². The number of aromatic nitrogens is 1. The Hall–Kier alpha value is -3.51. The number of ketones is 1. The maximum Gasteiger partial charge on any atom is 0.237 e. The van der Waals surface area contributed by atoms with E-state index in [0.717, 1.165) is 27.0 Å². The number of thiazole rings is 1. The zero-order valence-corrected chi connectivity index (χ0v) is 19.3. The molecule has 1 amide bonds. The summed E-state index contributed by atoms with van der Waals surface area (Å²) in [6, 6.07) is 19.1. The molecule has 0 fully saturated rings. The lowest BCUT2D eigenvalue weighted by Crippen LogP contribution is -2.28. The molecule has 1 heterocycles. The fraction of sp³-hybridized carbons (Fsp3) is 0.192. The Morgan fingerprint density at radius 3 is 2.38 bits per heavy atom. The van der Waals surface area contributed by atoms with Gasteiger partial charge in [0, 0.05) is 11.1 Å². The van der Waals surface area contributed by atoms with Crippen molar-refractivity contribution >= 4 is 44.1 Å². The number of fused-ring (bicyclic) bond motifs is 1. The van der Waals surface area contributed by atoms with Gasteiger partial charge in [-0.05, 0) is 74.4 Å². The predicted octanol–water partition coefficient (Wildman–Crippen LogP) is 6.03. The number of benzene rings is 3. The average Bonchev–Trinajstić information content (AvgIpc) is 3.16. The van der Waals surface area contributed by atoms with E-state index in [0.29, 0.717) is 22.0 Å². The number of carbonyl (C=O) groups is 2. The van der Waals surface area contributed by atoms with Gasteiger partial charge in [-0.3, -0.25) is 14.5 Å². The van der Waals surface area contributed by atoms with Crippen molar-refractivity contribution < 1.29 is 14.3 Å². The largest absolute Gasteiger partial charge is 0.496 e. The first-order valence-electron chi connectivity index (χ1n) is 10.3. The molecule has 0 aliphatic carbocycles. The third kappa shape index (κ3) is 4.41. The molecule has 0 spiro atoms. The van der Waals surface area contributed by atoms with Crippen LogP contribution in [0.25, 0.3) is 10.2 Å². The summed E-state index contributed by atoms with van der Waals surface area (Å²) < 4.78 is 6.48. The lowest BCUT2D eigenvalue weighted by atomic mass is 10.0. The molecule has 4 aromatic rings. The van der Waals surface area contributed by atoms with Crippen LogP contribution in [0, 0.1) is 13.8 Å². The molecule has 4 rings (SSSR count). The molecule has 0 radical (unpaired) electrons. The fourth-order valence-corrected chi connectivity index (χ4v) is 4.78. The molecule has 0 N–H and O–H groups in total. The third-order valence-electron chi connectivity index (χ3n) is 5.22. The van der Waals surface area contributed by atoms with E-state index in [1.54, 1.807) is 30.2 Å². The van der Waals surface area contributed by atoms with Crippen LogP contribution in [-0.4, -0.2) is 23.8 Å². The molecule has 5 nitrogen and oxygen atoms in total. The Labute approximate surface area is 191 Å². The van der Waals surface area contributed by atoms with Crippen LogP contribution >= 0.6 is 11.3 Å². The minimum atomic E-state index is -0.145. The van der Waals surface area contributed by atoms with Crippen molar-refractivity contribution in [1.29, 1.82) is 0 Å². The number of hydrogen-bond donors (Lipinski definition) is 0. The Bertz CT molecular complexity index is 1270. The van der Waals surface area contributed by atoms with Crippen LogP contribution in [-0.2, 0) is 11.2 Å². The molecule has 0 atom stereocenters. The van der Waals surface area contributed by atoms with Crippen LogP contribution < -0.4 is 9.64 Å². The molecule has 6 heteroatoms. The Balaban J connectivity index is 1.80. The summed E-state index contributed by atoms with van der Waals surface area (Å²) in [6.07, 6.45) is 0.0766. The van der Waals surface area contributed by atoms with Gasteiger partial charge in [0.15, 0.2) is 10.9 Å². The van der Waals surface area contributed by atoms with Crippen LogP contribution in [0.3, 0.4) is 0 Å². The van der Waals surface area contributed by atoms with E-state index in [1.807, 2.05) is 50.2 Å². The predicted molar refractivity (Wildman–Crippen MR) is 129 cm³/mol. The zero-order valence-electron chi connectivity index (χ0n) is 18.5. The highest BCUT2D eigenvalue weighted by Crippen LogP contribution is 2.35. The molecule has 0 saturated carbocycles. The van der Waals surface area contributed by atoms with Crippen molar-refractivity contribution in [3.8, 4) is 5.75 Å². The summed E-state index contributed by atoms with van der Waals surface area (Å²) in [7, 11) is 1.56. The number of anilines is 2. The number of nitrogens with zero attached hydrogens (tertiary/aromatic N) is 2. The van der Waals surface area contributed by atoms with Gasteiger partial charge in [-0.15, -0.1) is 0 Å². The summed E-state index contributed by atoms with van der Waals surface area (Å²) in [4.78, 5) is 32.0. The number of rotatable bonds is 6. The number of Topliss-reactive ketones (excluding diaryl/α,β-unsaturated/α-hetero) is 1. The molecule has 32 heavy (non-hydrogen) atoms. The molecule has 3 aromatic carbocycles. The smallest absolute Gasteiger partial charge is 0.237 e. The first kappa shape index (κ1) is 21.7. The zero-order chi connectivity index (χ0) is 22.8. The van der Waals surface area contributed by atoms with E-state index in [1.165, 1.54) is 18.3 Å². The number of methoxy groups -OCH3 is 1. The summed E-state index contributed by atoms with van der Waals surface area (Å²) >= 11 is 1.48. The van der Waals surface area contributed by atoms with Crippen LogP contribution in [0.1, 0.15) is 34.0 Å². The van der Waals surface area contributed by atoms with E-state index in [4.69, 9.17) is 9.72 Å². The Morgan fingerprint density at radius 2 is 1.72 bits per heavy atom. The first-order valence-corrected chi connectivity index (χ1v) is 11.1. The number of carbonyl (C=O) groups excluding carboxylic acids is 2. The third-order valence-corrected chi connectivity index (χ3v) is 6.24. The molecule has 0 unspecified atom stereocenters. The molecule has 162 valence electrons. The number of ether oxygens (including phenoxy) is 1. The minimum absolute atomic E-state index is 0.0568. The summed E-state index contributed by atoms with van der Waals surface area (Å²) in [5.41, 5.74) is 4.97. The van der Waals surface area contributed by atoms with Crippen molar-refractivity contribution in [3.05, 3.63) is 82.9 Å². The molecule has 1 aromatic heterocycles. The monoisotopic (exact) mass is 444 g/mol. The van der Waals surface area contributed by atoms with Gasteiger partial charge in [0.05, 0.1) is 29.4 Å². The van der Waals surface area contributed by atoms with Crippen LogP contribution in [0.2, 0.25) is 0 Å². The van der Waals surface area contributed by atoms with Gasteiger partial charge in [-0.1, -0.05) is 29.5 Å². The van der Waals surface area contributed by atoms with Gasteiger partial charge in [0.25, 0.3) is 0 Å². The maximum atomic E-state index is 13.7. The van der Waals surface area contributed by atoms with Gasteiger partial charge >= 0.3 is 0 Å². The van der Waals surface area contributed by atoms with Gasteiger partial charge in [-0.2, -0.15) is 0 Å². The topological polar surface area (TPSA) is 59.5 Å². The second-order valence-corrected chi connectivity index (χ2v) is 8.81. The van der Waals surface area contributed by atoms with Crippen LogP contribution in [0.4, 0.5) is 10.8 Å². The highest BCUT2D eigenvalue weighted by molar-refractivity contribution is 7.22. The van der Waals surface area contributed by atoms with Crippen molar-refractivity contribution in [1.82, 2.24) is 4.98 Å². The van der Waals surface area contributed by atoms with Gasteiger partial charge in [-0.25, -0.2) is 4.98 Å². The lowest BCUT2D eigenvalue weighted by molar-refractivity contribution is -0.117. The highest BCUT2D eigenvalue weighted by atomic mass is 32.1. The average molecular weight is 445 g/mol. The van der Waals surface area contributed by atoms with Crippen molar-refractivity contribution in [3.63, 3.8) is 0 Å². The summed E-state index contributed by atoms with van der Waals surface area (Å²) in [5.74, 6) is 0.375. The molecule has 0 saturated heterocycles. The summed E-state index contributed by atoms with van der Waals surface area (Å²) in [5, 5.41) is 0.614. The number of aryl methyl sites for hydroxylation is 2. The van der Waals surface area contributed by atoms with Crippen molar-refractivity contribution in [2.75, 3.05) is 12.0 Å². The van der Waals surface area contributed by atoms with Crippen molar-refractivity contribution in [2.45, 2.75) is 27.2 Å². The fourth-order valence-electron chi connectivity index (χ4n) is 3.77. The highest BCUT2D eigenvalue weighted by Gasteiger charge is 2.24. The number of para-hydroxylation sites is 1. The quantitative estimate of drug-likeness (QED) is 0.341. The van der Waals surface area contributed by atoms with Gasteiger partial charge < -0.3 is 4.74 Å². The maximum absolute atomic E-state index is 13.7. The summed E-state index contributed by atoms with van der Waals surface area (Å²) in [6.45, 7) is 5.53. The molecular formula is C26H24N2O3S. The molecule has 0 aliphatic rings. The van der Waals surface area contributed by atoms with Crippen LogP contribution in [0.15, 0.2) is 60.7 Å². The SMILES string of the molecule is COc1ccc(C(C)=O)cc1CC(=O)N(c1cc(C)cc(C)c1)c1nc2ccccc2s1. The Kier molecular flexibility index (Phi) is 6.06. The van der Waals surface area contributed by atoms with Crippen LogP contribution in [0.5, 0.6) is 5.75 Å². The van der Waals surface area contributed by atoms with E-state index in [-0.39, 0.29) is 18.1 Å². The molecular weight excluding hydrogens is 420 g/mol. The second-order valence-electron chi connectivity index (χ2n) is 7.80. The Morgan fingerprint density at radius 1 is 1.00 bits per heavy atom. The molecule has 0 aliphatic heterocycles. The number of hydrogen-bond acceptors (Lipinski definition) is 5. The second kappa shape index (κ2) is 8.93. The van der Waals surface area contributed by atoms with Gasteiger partial charge in [0.1, 0.15) is 5.75 Å². The normalized spacial score (nSPS) is 10.9. The first-order chi connectivity index (χ1) is 15.4.